The van der Waals surface area contributed by atoms with Crippen LogP contribution in [0.1, 0.15) is 11.9 Å². The second-order valence-electron chi connectivity index (χ2n) is 4.18. The fraction of sp³-hybridized carbons (Fsp3) is 0.200. The summed E-state index contributed by atoms with van der Waals surface area (Å²) in [5.41, 5.74) is 2.70. The molecule has 0 spiro atoms. The van der Waals surface area contributed by atoms with Crippen LogP contribution in [0.25, 0.3) is 11.1 Å². The fourth-order valence-corrected chi connectivity index (χ4v) is 2.20. The summed E-state index contributed by atoms with van der Waals surface area (Å²) in [4.78, 5) is 0. The molecule has 2 aromatic carbocycles. The van der Waals surface area contributed by atoms with E-state index in [4.69, 9.17) is 9.47 Å². The zero-order chi connectivity index (χ0) is 12.4. The predicted molar refractivity (Wildman–Crippen MR) is 68.2 cm³/mol. The molecule has 1 aliphatic rings. The first-order valence-corrected chi connectivity index (χ1v) is 5.97. The molecule has 1 fully saturated rings. The number of hydrogen-bond acceptors (Lipinski definition) is 3. The van der Waals surface area contributed by atoms with E-state index >= 15 is 0 Å². The van der Waals surface area contributed by atoms with Gasteiger partial charge in [-0.15, -0.1) is 0 Å². The molecule has 92 valence electrons. The third-order valence-electron chi connectivity index (χ3n) is 3.03. The van der Waals surface area contributed by atoms with Crippen molar-refractivity contribution < 1.29 is 14.6 Å². The average molecular weight is 242 g/mol. The number of hydrogen-bond donors (Lipinski definition) is 1. The van der Waals surface area contributed by atoms with Crippen LogP contribution in [0.2, 0.25) is 0 Å². The normalized spacial score (nSPS) is 16.0. The molecule has 0 radical (unpaired) electrons. The lowest BCUT2D eigenvalue weighted by Gasteiger charge is -2.16. The van der Waals surface area contributed by atoms with Crippen molar-refractivity contribution in [3.8, 4) is 16.9 Å². The van der Waals surface area contributed by atoms with Gasteiger partial charge >= 0.3 is 0 Å². The summed E-state index contributed by atoms with van der Waals surface area (Å²) in [7, 11) is 0. The number of aromatic hydroxyl groups is 1. The maximum Gasteiger partial charge on any atom is 0.188 e. The van der Waals surface area contributed by atoms with Gasteiger partial charge in [-0.05, 0) is 17.2 Å². The Hall–Kier alpha value is -1.84. The van der Waals surface area contributed by atoms with Gasteiger partial charge in [-0.3, -0.25) is 0 Å². The topological polar surface area (TPSA) is 38.7 Å². The third kappa shape index (κ3) is 1.98. The molecule has 0 unspecified atom stereocenters. The highest BCUT2D eigenvalue weighted by Crippen LogP contribution is 2.38. The minimum atomic E-state index is -0.471. The van der Waals surface area contributed by atoms with E-state index in [1.54, 1.807) is 6.07 Å². The Morgan fingerprint density at radius 2 is 1.61 bits per heavy atom. The van der Waals surface area contributed by atoms with Crippen molar-refractivity contribution in [1.29, 1.82) is 0 Å². The summed E-state index contributed by atoms with van der Waals surface area (Å²) in [5, 5.41) is 10.1. The SMILES string of the molecule is Oc1cccc(-c2ccccc2)c1C1OCCO1. The Labute approximate surface area is 106 Å². The molecule has 1 saturated heterocycles. The van der Waals surface area contributed by atoms with E-state index < -0.39 is 6.29 Å². The Balaban J connectivity index is 2.11. The molecule has 2 aromatic rings. The van der Waals surface area contributed by atoms with Crippen molar-refractivity contribution in [3.05, 3.63) is 54.1 Å². The van der Waals surface area contributed by atoms with Gasteiger partial charge in [0.2, 0.25) is 0 Å². The third-order valence-corrected chi connectivity index (χ3v) is 3.03. The lowest BCUT2D eigenvalue weighted by Crippen LogP contribution is -2.01. The Bertz CT molecular complexity index is 531. The van der Waals surface area contributed by atoms with Crippen molar-refractivity contribution >= 4 is 0 Å². The summed E-state index contributed by atoms with van der Waals surface area (Å²) in [5.74, 6) is 0.211. The average Bonchev–Trinajstić information content (AvgIpc) is 2.93. The molecular formula is C15H14O3. The molecule has 18 heavy (non-hydrogen) atoms. The number of rotatable bonds is 2. The van der Waals surface area contributed by atoms with Gasteiger partial charge in [0.15, 0.2) is 6.29 Å². The van der Waals surface area contributed by atoms with E-state index in [1.165, 1.54) is 0 Å². The molecule has 1 heterocycles. The first kappa shape index (κ1) is 11.3. The standard InChI is InChI=1S/C15H14O3/c16-13-8-4-7-12(11-5-2-1-3-6-11)14(13)15-17-9-10-18-15/h1-8,15-16H,9-10H2. The molecule has 0 atom stereocenters. The Morgan fingerprint density at radius 1 is 0.889 bits per heavy atom. The van der Waals surface area contributed by atoms with Crippen LogP contribution >= 0.6 is 0 Å². The Morgan fingerprint density at radius 3 is 2.33 bits per heavy atom. The van der Waals surface area contributed by atoms with Gasteiger partial charge in [-0.25, -0.2) is 0 Å². The maximum atomic E-state index is 10.1. The van der Waals surface area contributed by atoms with E-state index in [2.05, 4.69) is 0 Å². The molecule has 0 bridgehead atoms. The van der Waals surface area contributed by atoms with Crippen LogP contribution in [0, 0.1) is 0 Å². The fourth-order valence-electron chi connectivity index (χ4n) is 2.20. The lowest BCUT2D eigenvalue weighted by molar-refractivity contribution is -0.0450. The molecule has 1 N–H and O–H groups in total. The van der Waals surface area contributed by atoms with E-state index in [0.29, 0.717) is 18.8 Å². The van der Waals surface area contributed by atoms with Crippen molar-refractivity contribution in [1.82, 2.24) is 0 Å². The quantitative estimate of drug-likeness (QED) is 0.879. The monoisotopic (exact) mass is 242 g/mol. The smallest absolute Gasteiger partial charge is 0.188 e. The van der Waals surface area contributed by atoms with Crippen molar-refractivity contribution in [3.63, 3.8) is 0 Å². The van der Waals surface area contributed by atoms with Crippen molar-refractivity contribution in [2.45, 2.75) is 6.29 Å². The van der Waals surface area contributed by atoms with Crippen LogP contribution in [0.3, 0.4) is 0 Å². The van der Waals surface area contributed by atoms with Crippen LogP contribution in [-0.4, -0.2) is 18.3 Å². The van der Waals surface area contributed by atoms with Crippen LogP contribution in [0.5, 0.6) is 5.75 Å². The van der Waals surface area contributed by atoms with Crippen LogP contribution in [0.15, 0.2) is 48.5 Å². The second-order valence-corrected chi connectivity index (χ2v) is 4.18. The Kier molecular flexibility index (Phi) is 3.00. The first-order chi connectivity index (χ1) is 8.86. The molecule has 0 saturated carbocycles. The number of ether oxygens (including phenoxy) is 2. The summed E-state index contributed by atoms with van der Waals surface area (Å²) in [6.07, 6.45) is -0.471. The highest BCUT2D eigenvalue weighted by Gasteiger charge is 2.24. The number of benzene rings is 2. The van der Waals surface area contributed by atoms with Crippen molar-refractivity contribution in [2.24, 2.45) is 0 Å². The van der Waals surface area contributed by atoms with E-state index in [9.17, 15) is 5.11 Å². The minimum Gasteiger partial charge on any atom is -0.507 e. The van der Waals surface area contributed by atoms with Crippen LogP contribution in [0.4, 0.5) is 0 Å². The molecule has 1 aliphatic heterocycles. The van der Waals surface area contributed by atoms with Crippen molar-refractivity contribution in [2.75, 3.05) is 13.2 Å². The molecule has 3 nitrogen and oxygen atoms in total. The van der Waals surface area contributed by atoms with Gasteiger partial charge in [0.05, 0.1) is 18.8 Å². The summed E-state index contributed by atoms with van der Waals surface area (Å²) in [6, 6.07) is 15.4. The minimum absolute atomic E-state index is 0.211. The highest BCUT2D eigenvalue weighted by molar-refractivity contribution is 5.70. The molecule has 3 rings (SSSR count). The highest BCUT2D eigenvalue weighted by atomic mass is 16.7. The summed E-state index contributed by atoms with van der Waals surface area (Å²) >= 11 is 0. The zero-order valence-corrected chi connectivity index (χ0v) is 9.87. The van der Waals surface area contributed by atoms with E-state index in [-0.39, 0.29) is 5.75 Å². The molecule has 0 amide bonds. The number of phenolic OH excluding ortho intramolecular Hbond substituents is 1. The molecular weight excluding hydrogens is 228 g/mol. The summed E-state index contributed by atoms with van der Waals surface area (Å²) in [6.45, 7) is 1.13. The van der Waals surface area contributed by atoms with Gasteiger partial charge in [-0.2, -0.15) is 0 Å². The molecule has 3 heteroatoms. The summed E-state index contributed by atoms with van der Waals surface area (Å²) < 4.78 is 11.0. The first-order valence-electron chi connectivity index (χ1n) is 5.97. The molecule has 0 aromatic heterocycles. The van der Waals surface area contributed by atoms with Crippen LogP contribution < -0.4 is 0 Å². The predicted octanol–water partition coefficient (Wildman–Crippen LogP) is 3.10. The number of phenols is 1. The van der Waals surface area contributed by atoms with Gasteiger partial charge in [0, 0.05) is 0 Å². The van der Waals surface area contributed by atoms with Gasteiger partial charge in [0.25, 0.3) is 0 Å². The lowest BCUT2D eigenvalue weighted by atomic mass is 9.98. The van der Waals surface area contributed by atoms with E-state index in [0.717, 1.165) is 11.1 Å². The second kappa shape index (κ2) is 4.80. The largest absolute Gasteiger partial charge is 0.507 e. The molecule has 0 aliphatic carbocycles. The zero-order valence-electron chi connectivity index (χ0n) is 9.87. The maximum absolute atomic E-state index is 10.1. The van der Waals surface area contributed by atoms with Gasteiger partial charge in [0.1, 0.15) is 5.75 Å². The van der Waals surface area contributed by atoms with E-state index in [1.807, 2.05) is 42.5 Å². The van der Waals surface area contributed by atoms with Gasteiger partial charge < -0.3 is 14.6 Å². The van der Waals surface area contributed by atoms with Crippen LogP contribution in [-0.2, 0) is 9.47 Å². The van der Waals surface area contributed by atoms with Gasteiger partial charge in [-0.1, -0.05) is 42.5 Å².